The first-order valence-corrected chi connectivity index (χ1v) is 13.5. The molecule has 0 aromatic heterocycles. The maximum absolute atomic E-state index is 6.02. The zero-order valence-corrected chi connectivity index (χ0v) is 23.2. The molecule has 1 atom stereocenters. The van der Waals surface area contributed by atoms with Crippen LogP contribution in [-0.4, -0.2) is 14.9 Å². The minimum absolute atomic E-state index is 0. The van der Waals surface area contributed by atoms with Crippen molar-refractivity contribution in [3.05, 3.63) is 76.9 Å². The van der Waals surface area contributed by atoms with E-state index in [0.29, 0.717) is 5.92 Å². The van der Waals surface area contributed by atoms with Gasteiger partial charge >= 0.3 is 26.2 Å². The molecule has 157 valence electrons. The number of fused-ring (bicyclic) bond motifs is 3. The van der Waals surface area contributed by atoms with Crippen LogP contribution in [0.5, 0.6) is 0 Å². The van der Waals surface area contributed by atoms with Gasteiger partial charge in [0.1, 0.15) is 0 Å². The topological polar surface area (TPSA) is 9.23 Å². The van der Waals surface area contributed by atoms with Gasteiger partial charge in [0.25, 0.3) is 0 Å². The molecule has 0 amide bonds. The summed E-state index contributed by atoms with van der Waals surface area (Å²) in [6.45, 7) is 9.95. The molecule has 0 saturated heterocycles. The maximum Gasteiger partial charge on any atom is 3.00 e. The molecule has 2 aliphatic carbocycles. The van der Waals surface area contributed by atoms with Crippen LogP contribution in [0.1, 0.15) is 48.8 Å². The van der Waals surface area contributed by atoms with Gasteiger partial charge in [0.05, 0.1) is 0 Å². The molecule has 2 aromatic rings. The average molecular weight is 536 g/mol. The van der Waals surface area contributed by atoms with E-state index in [4.69, 9.17) is 4.43 Å². The molecule has 30 heavy (non-hydrogen) atoms. The van der Waals surface area contributed by atoms with Crippen molar-refractivity contribution in [2.45, 2.75) is 51.7 Å². The van der Waals surface area contributed by atoms with E-state index in [1.807, 2.05) is 0 Å². The summed E-state index contributed by atoms with van der Waals surface area (Å²) in [5.74, 6) is 0.430. The minimum atomic E-state index is -1.41. The summed E-state index contributed by atoms with van der Waals surface area (Å²) in [5, 5.41) is 0. The van der Waals surface area contributed by atoms with Gasteiger partial charge in [-0.05, 0) is 50.4 Å². The largest absolute Gasteiger partial charge is 3.00 e. The van der Waals surface area contributed by atoms with Crippen LogP contribution in [0.2, 0.25) is 19.6 Å². The molecule has 0 spiro atoms. The molecule has 2 aromatic carbocycles. The third kappa shape index (κ3) is 5.87. The Hall–Kier alpha value is -0.440. The fourth-order valence-corrected chi connectivity index (χ4v) is 5.00. The van der Waals surface area contributed by atoms with E-state index >= 15 is 0 Å². The number of allylic oxidation sites excluding steroid dienone is 4. The van der Waals surface area contributed by atoms with Gasteiger partial charge in [0.15, 0.2) is 8.32 Å². The van der Waals surface area contributed by atoms with E-state index < -0.39 is 8.32 Å². The van der Waals surface area contributed by atoms with Gasteiger partial charge in [-0.25, -0.2) is 0 Å². The molecule has 1 radical (unpaired) electrons. The standard InChI is InChI=1S/C25H29OSi.2ClH.Zr/c1-18-21-11-5-6-12-23(21)24-15-14-20(17-25(18)24)22-13-7-9-19(22)10-8-16-26-27(2,3)4;;;/h5-7,9,11-12,14-15,18H,8,10,13,16H2,1-4H3;2*1H;/q-1;;;+3/p-2. The van der Waals surface area contributed by atoms with Crippen LogP contribution in [0.15, 0.2) is 54.1 Å². The van der Waals surface area contributed by atoms with E-state index in [-0.39, 0.29) is 51.0 Å². The predicted molar refractivity (Wildman–Crippen MR) is 117 cm³/mol. The molecule has 0 fully saturated rings. The first-order valence-electron chi connectivity index (χ1n) is 10.1. The Bertz CT molecular complexity index is 931. The second-order valence-electron chi connectivity index (χ2n) is 8.68. The SMILES string of the molecule is CC1c2[c-]c(C3=C(CCCO[Si](C)(C)C)C=CC3)ccc2-c2ccccc21.[Cl-].[Cl-].[Zr+3]. The summed E-state index contributed by atoms with van der Waals surface area (Å²) in [4.78, 5) is 0. The van der Waals surface area contributed by atoms with E-state index in [2.05, 4.69) is 81.2 Å². The Kier molecular flexibility index (Phi) is 10.5. The van der Waals surface area contributed by atoms with Crippen molar-refractivity contribution in [3.8, 4) is 11.1 Å². The zero-order chi connectivity index (χ0) is 19.0. The second kappa shape index (κ2) is 11.4. The van der Waals surface area contributed by atoms with Gasteiger partial charge in [-0.1, -0.05) is 60.0 Å². The normalized spacial score (nSPS) is 16.3. The number of benzene rings is 2. The van der Waals surface area contributed by atoms with Gasteiger partial charge in [-0.3, -0.25) is 0 Å². The van der Waals surface area contributed by atoms with Crippen LogP contribution in [-0.2, 0) is 30.6 Å². The second-order valence-corrected chi connectivity index (χ2v) is 13.2. The fraction of sp³-hybridized carbons (Fsp3) is 0.360. The van der Waals surface area contributed by atoms with Crippen LogP contribution in [0.3, 0.4) is 0 Å². The Balaban J connectivity index is 0.00000150. The van der Waals surface area contributed by atoms with Crippen LogP contribution >= 0.6 is 0 Å². The van der Waals surface area contributed by atoms with Crippen molar-refractivity contribution in [1.29, 1.82) is 0 Å². The average Bonchev–Trinajstić information content (AvgIpc) is 3.22. The van der Waals surface area contributed by atoms with Crippen LogP contribution in [0, 0.1) is 6.07 Å². The van der Waals surface area contributed by atoms with E-state index in [1.54, 1.807) is 0 Å². The summed E-state index contributed by atoms with van der Waals surface area (Å²) in [6.07, 6.45) is 7.82. The molecule has 0 bridgehead atoms. The van der Waals surface area contributed by atoms with Crippen molar-refractivity contribution < 1.29 is 55.4 Å². The molecule has 1 nitrogen and oxygen atoms in total. The smallest absolute Gasteiger partial charge is 1.00 e. The number of hydrogen-bond acceptors (Lipinski definition) is 1. The van der Waals surface area contributed by atoms with Crippen LogP contribution in [0.4, 0.5) is 0 Å². The van der Waals surface area contributed by atoms with Gasteiger partial charge < -0.3 is 29.2 Å². The summed E-state index contributed by atoms with van der Waals surface area (Å²) in [5.41, 5.74) is 9.73. The van der Waals surface area contributed by atoms with Crippen LogP contribution in [0.25, 0.3) is 16.7 Å². The molecular weight excluding hydrogens is 506 g/mol. The summed E-state index contributed by atoms with van der Waals surface area (Å²) in [7, 11) is -1.41. The Labute approximate surface area is 214 Å². The number of hydrogen-bond donors (Lipinski definition) is 0. The number of halogens is 2. The van der Waals surface area contributed by atoms with Crippen molar-refractivity contribution >= 4 is 13.9 Å². The molecule has 0 saturated carbocycles. The van der Waals surface area contributed by atoms with Gasteiger partial charge in [0.2, 0.25) is 0 Å². The quantitative estimate of drug-likeness (QED) is 0.305. The maximum atomic E-state index is 6.02. The first-order chi connectivity index (χ1) is 12.9. The first kappa shape index (κ1) is 27.6. The molecule has 4 rings (SSSR count). The molecule has 1 unspecified atom stereocenters. The summed E-state index contributed by atoms with van der Waals surface area (Å²) in [6, 6.07) is 17.1. The molecule has 0 heterocycles. The molecule has 0 aliphatic heterocycles. The summed E-state index contributed by atoms with van der Waals surface area (Å²) >= 11 is 0. The molecule has 0 N–H and O–H groups in total. The van der Waals surface area contributed by atoms with E-state index in [1.165, 1.54) is 39.0 Å². The third-order valence-corrected chi connectivity index (χ3v) is 6.68. The number of rotatable bonds is 6. The predicted octanol–water partition coefficient (Wildman–Crippen LogP) is 0.970. The van der Waals surface area contributed by atoms with Crippen LogP contribution < -0.4 is 24.8 Å². The van der Waals surface area contributed by atoms with E-state index in [0.717, 1.165) is 25.9 Å². The molecule has 2 aliphatic rings. The van der Waals surface area contributed by atoms with E-state index in [9.17, 15) is 0 Å². The summed E-state index contributed by atoms with van der Waals surface area (Å²) < 4.78 is 6.02. The fourth-order valence-electron chi connectivity index (χ4n) is 4.25. The minimum Gasteiger partial charge on any atom is -1.00 e. The molecule has 5 heteroatoms. The van der Waals surface area contributed by atoms with Crippen molar-refractivity contribution in [2.24, 2.45) is 0 Å². The zero-order valence-electron chi connectivity index (χ0n) is 18.2. The monoisotopic (exact) mass is 533 g/mol. The van der Waals surface area contributed by atoms with Gasteiger partial charge in [-0.15, -0.1) is 34.9 Å². The Morgan fingerprint density at radius 1 is 1.03 bits per heavy atom. The van der Waals surface area contributed by atoms with Gasteiger partial charge in [-0.2, -0.15) is 0 Å². The van der Waals surface area contributed by atoms with Gasteiger partial charge in [0, 0.05) is 6.61 Å². The third-order valence-electron chi connectivity index (χ3n) is 5.61. The van der Waals surface area contributed by atoms with Crippen molar-refractivity contribution in [1.82, 2.24) is 0 Å². The van der Waals surface area contributed by atoms with Crippen molar-refractivity contribution in [2.75, 3.05) is 6.61 Å². The molecular formula is C25H29Cl2OSiZr. The van der Waals surface area contributed by atoms with Crippen molar-refractivity contribution in [3.63, 3.8) is 0 Å². The Morgan fingerprint density at radius 3 is 2.50 bits per heavy atom. The Morgan fingerprint density at radius 2 is 1.77 bits per heavy atom.